The maximum absolute atomic E-state index is 14.2. The van der Waals surface area contributed by atoms with Crippen LogP contribution in [0, 0.1) is 23.5 Å². The fourth-order valence-electron chi connectivity index (χ4n) is 2.67. The van der Waals surface area contributed by atoms with E-state index in [1.807, 2.05) is 4.90 Å². The molecule has 1 aliphatic rings. The van der Waals surface area contributed by atoms with E-state index < -0.39 is 11.6 Å². The predicted octanol–water partition coefficient (Wildman–Crippen LogP) is 3.56. The first-order valence-electron chi connectivity index (χ1n) is 7.41. The summed E-state index contributed by atoms with van der Waals surface area (Å²) in [6, 6.07) is 2.91. The minimum Gasteiger partial charge on any atom is -0.367 e. The van der Waals surface area contributed by atoms with E-state index in [1.54, 1.807) is 0 Å². The highest BCUT2D eigenvalue weighted by atomic mass is 19.1. The summed E-state index contributed by atoms with van der Waals surface area (Å²) in [5.41, 5.74) is 0.804. The van der Waals surface area contributed by atoms with Gasteiger partial charge in [0.25, 0.3) is 0 Å². The van der Waals surface area contributed by atoms with Gasteiger partial charge >= 0.3 is 0 Å². The third-order valence-electron chi connectivity index (χ3n) is 3.70. The molecule has 1 fully saturated rings. The molecular formula is C16H24F2N2. The molecule has 1 atom stereocenters. The Labute approximate surface area is 120 Å². The molecule has 1 aromatic rings. The normalized spacial score (nSPS) is 19.1. The van der Waals surface area contributed by atoms with E-state index in [1.165, 1.54) is 12.1 Å². The molecule has 112 valence electrons. The first-order chi connectivity index (χ1) is 9.47. The molecule has 0 spiro atoms. The lowest BCUT2D eigenvalue weighted by Crippen LogP contribution is -2.23. The second kappa shape index (κ2) is 6.53. The van der Waals surface area contributed by atoms with Crippen LogP contribution >= 0.6 is 0 Å². The van der Waals surface area contributed by atoms with Gasteiger partial charge in [0.15, 0.2) is 0 Å². The van der Waals surface area contributed by atoms with E-state index in [0.29, 0.717) is 23.9 Å². The highest BCUT2D eigenvalue weighted by Gasteiger charge is 2.24. The van der Waals surface area contributed by atoms with E-state index in [2.05, 4.69) is 26.1 Å². The van der Waals surface area contributed by atoms with Crippen LogP contribution < -0.4 is 10.2 Å². The highest BCUT2D eigenvalue weighted by molar-refractivity contribution is 5.51. The summed E-state index contributed by atoms with van der Waals surface area (Å²) in [4.78, 5) is 1.82. The molecular weight excluding hydrogens is 258 g/mol. The van der Waals surface area contributed by atoms with Gasteiger partial charge in [-0.1, -0.05) is 20.8 Å². The molecule has 1 heterocycles. The van der Waals surface area contributed by atoms with Crippen LogP contribution in [0.3, 0.4) is 0 Å². The maximum Gasteiger partial charge on any atom is 0.149 e. The Morgan fingerprint density at radius 2 is 1.95 bits per heavy atom. The van der Waals surface area contributed by atoms with Crippen LogP contribution in [0.2, 0.25) is 0 Å². The van der Waals surface area contributed by atoms with Gasteiger partial charge in [-0.15, -0.1) is 0 Å². The number of nitrogens with one attached hydrogen (secondary N) is 1. The van der Waals surface area contributed by atoms with E-state index >= 15 is 0 Å². The van der Waals surface area contributed by atoms with Crippen molar-refractivity contribution in [3.05, 3.63) is 29.3 Å². The van der Waals surface area contributed by atoms with Crippen LogP contribution in [0.25, 0.3) is 0 Å². The van der Waals surface area contributed by atoms with Gasteiger partial charge in [0.2, 0.25) is 0 Å². The average Bonchev–Trinajstić information content (AvgIpc) is 2.74. The summed E-state index contributed by atoms with van der Waals surface area (Å²) in [6.07, 6.45) is 0.997. The minimum atomic E-state index is -0.444. The van der Waals surface area contributed by atoms with Crippen molar-refractivity contribution in [3.8, 4) is 0 Å². The molecule has 0 saturated carbocycles. The topological polar surface area (TPSA) is 15.3 Å². The third-order valence-corrected chi connectivity index (χ3v) is 3.70. The van der Waals surface area contributed by atoms with Gasteiger partial charge in [0.1, 0.15) is 17.3 Å². The second-order valence-electron chi connectivity index (χ2n) is 6.27. The molecule has 0 aromatic heterocycles. The number of nitrogens with zero attached hydrogens (tertiary/aromatic N) is 1. The van der Waals surface area contributed by atoms with Crippen molar-refractivity contribution in [2.75, 3.05) is 24.5 Å². The van der Waals surface area contributed by atoms with E-state index in [-0.39, 0.29) is 5.69 Å². The molecule has 20 heavy (non-hydrogen) atoms. The molecule has 1 saturated heterocycles. The molecule has 1 unspecified atom stereocenters. The Hall–Kier alpha value is -1.16. The smallest absolute Gasteiger partial charge is 0.149 e. The number of benzene rings is 1. The van der Waals surface area contributed by atoms with Crippen molar-refractivity contribution in [3.63, 3.8) is 0 Å². The molecule has 0 radical (unpaired) electrons. The second-order valence-corrected chi connectivity index (χ2v) is 6.27. The van der Waals surface area contributed by atoms with Gasteiger partial charge in [0.05, 0.1) is 0 Å². The Balaban J connectivity index is 2.08. The van der Waals surface area contributed by atoms with Gasteiger partial charge in [-0.3, -0.25) is 0 Å². The van der Waals surface area contributed by atoms with Crippen molar-refractivity contribution in [1.82, 2.24) is 5.32 Å². The van der Waals surface area contributed by atoms with Crippen molar-refractivity contribution in [2.45, 2.75) is 33.7 Å². The van der Waals surface area contributed by atoms with Crippen molar-refractivity contribution in [2.24, 2.45) is 11.8 Å². The number of halogens is 2. The summed E-state index contributed by atoms with van der Waals surface area (Å²) >= 11 is 0. The standard InChI is InChI=1S/C16H24F2N2/c1-11(2)8-19-9-13-6-14(17)16(15(18)7-13)20-5-4-12(3)10-20/h6-7,11-12,19H,4-5,8-10H2,1-3H3. The average molecular weight is 282 g/mol. The fourth-order valence-corrected chi connectivity index (χ4v) is 2.67. The van der Waals surface area contributed by atoms with E-state index in [0.717, 1.165) is 26.1 Å². The molecule has 2 nitrogen and oxygen atoms in total. The highest BCUT2D eigenvalue weighted by Crippen LogP contribution is 2.29. The van der Waals surface area contributed by atoms with Crippen LogP contribution in [0.15, 0.2) is 12.1 Å². The first kappa shape index (κ1) is 15.2. The monoisotopic (exact) mass is 282 g/mol. The van der Waals surface area contributed by atoms with Gasteiger partial charge < -0.3 is 10.2 Å². The molecule has 2 rings (SSSR count). The lowest BCUT2D eigenvalue weighted by atomic mass is 10.1. The van der Waals surface area contributed by atoms with E-state index in [9.17, 15) is 8.78 Å². The molecule has 0 aliphatic carbocycles. The molecule has 1 N–H and O–H groups in total. The molecule has 0 amide bonds. The summed E-state index contributed by atoms with van der Waals surface area (Å²) in [7, 11) is 0. The summed E-state index contributed by atoms with van der Waals surface area (Å²) in [6.45, 7) is 9.13. The Morgan fingerprint density at radius 3 is 2.45 bits per heavy atom. The van der Waals surface area contributed by atoms with Crippen molar-refractivity contribution < 1.29 is 8.78 Å². The number of anilines is 1. The van der Waals surface area contributed by atoms with Crippen LogP contribution in [0.1, 0.15) is 32.8 Å². The zero-order valence-corrected chi connectivity index (χ0v) is 12.5. The zero-order valence-electron chi connectivity index (χ0n) is 12.5. The maximum atomic E-state index is 14.2. The van der Waals surface area contributed by atoms with Crippen LogP contribution in [0.5, 0.6) is 0 Å². The quantitative estimate of drug-likeness (QED) is 0.888. The fraction of sp³-hybridized carbons (Fsp3) is 0.625. The molecule has 1 aromatic carbocycles. The first-order valence-corrected chi connectivity index (χ1v) is 7.41. The van der Waals surface area contributed by atoms with Gasteiger partial charge in [-0.2, -0.15) is 0 Å². The van der Waals surface area contributed by atoms with Gasteiger partial charge in [0, 0.05) is 19.6 Å². The largest absolute Gasteiger partial charge is 0.367 e. The lowest BCUT2D eigenvalue weighted by Gasteiger charge is -2.20. The summed E-state index contributed by atoms with van der Waals surface area (Å²) in [5.74, 6) is 0.136. The SMILES string of the molecule is CC(C)CNCc1cc(F)c(N2CCC(C)C2)c(F)c1. The number of rotatable bonds is 5. The Kier molecular flexibility index (Phi) is 4.97. The molecule has 4 heteroatoms. The van der Waals surface area contributed by atoms with Crippen LogP contribution in [-0.2, 0) is 6.54 Å². The third kappa shape index (κ3) is 3.69. The minimum absolute atomic E-state index is 0.141. The van der Waals surface area contributed by atoms with Crippen molar-refractivity contribution >= 4 is 5.69 Å². The van der Waals surface area contributed by atoms with E-state index in [4.69, 9.17) is 0 Å². The Bertz CT molecular complexity index is 437. The summed E-state index contributed by atoms with van der Waals surface area (Å²) in [5, 5.41) is 3.20. The summed E-state index contributed by atoms with van der Waals surface area (Å²) < 4.78 is 28.3. The lowest BCUT2D eigenvalue weighted by molar-refractivity contribution is 0.542. The zero-order chi connectivity index (χ0) is 14.7. The van der Waals surface area contributed by atoms with Gasteiger partial charge in [-0.05, 0) is 42.5 Å². The Morgan fingerprint density at radius 1 is 1.30 bits per heavy atom. The van der Waals surface area contributed by atoms with Crippen molar-refractivity contribution in [1.29, 1.82) is 0 Å². The molecule has 0 bridgehead atoms. The predicted molar refractivity (Wildman–Crippen MR) is 78.9 cm³/mol. The number of hydrogen-bond donors (Lipinski definition) is 1. The number of hydrogen-bond acceptors (Lipinski definition) is 2. The van der Waals surface area contributed by atoms with Gasteiger partial charge in [-0.25, -0.2) is 8.78 Å². The van der Waals surface area contributed by atoms with Crippen LogP contribution in [-0.4, -0.2) is 19.6 Å². The molecule has 1 aliphatic heterocycles. The van der Waals surface area contributed by atoms with Crippen LogP contribution in [0.4, 0.5) is 14.5 Å².